The molecule has 2 rings (SSSR count). The number of nitrogens with zero attached hydrogens (tertiary/aromatic N) is 2. The van der Waals surface area contributed by atoms with E-state index < -0.39 is 0 Å². The van der Waals surface area contributed by atoms with E-state index in [1.165, 1.54) is 18.4 Å². The van der Waals surface area contributed by atoms with Gasteiger partial charge in [-0.3, -0.25) is 0 Å². The van der Waals surface area contributed by atoms with Crippen LogP contribution in [0.4, 0.5) is 11.5 Å². The quantitative estimate of drug-likeness (QED) is 0.866. The van der Waals surface area contributed by atoms with E-state index in [1.54, 1.807) is 0 Å². The van der Waals surface area contributed by atoms with E-state index in [0.29, 0.717) is 11.4 Å². The Labute approximate surface area is 126 Å². The first-order chi connectivity index (χ1) is 10.1. The zero-order chi connectivity index (χ0) is 15.2. The number of pyridine rings is 1. The second-order valence-electron chi connectivity index (χ2n) is 5.34. The highest BCUT2D eigenvalue weighted by molar-refractivity contribution is 5.65. The Hall–Kier alpha value is -2.34. The molecule has 0 aliphatic heterocycles. The van der Waals surface area contributed by atoms with Gasteiger partial charge in [-0.1, -0.05) is 25.5 Å². The average molecular weight is 279 g/mol. The van der Waals surface area contributed by atoms with Crippen molar-refractivity contribution in [1.29, 1.82) is 5.26 Å². The second-order valence-corrected chi connectivity index (χ2v) is 5.34. The number of hydrogen-bond acceptors (Lipinski definition) is 3. The van der Waals surface area contributed by atoms with Crippen LogP contribution in [0, 0.1) is 25.2 Å². The molecule has 0 spiro atoms. The molecule has 0 aliphatic carbocycles. The SMILES string of the molecule is CCCCc1ccc(Nc2nc(C)cc(C)c2C#N)cc1. The fourth-order valence-electron chi connectivity index (χ4n) is 2.34. The van der Waals surface area contributed by atoms with Gasteiger partial charge >= 0.3 is 0 Å². The van der Waals surface area contributed by atoms with Crippen LogP contribution in [-0.2, 0) is 6.42 Å². The normalized spacial score (nSPS) is 10.2. The number of nitrogens with one attached hydrogen (secondary N) is 1. The van der Waals surface area contributed by atoms with Gasteiger partial charge in [0.25, 0.3) is 0 Å². The molecule has 2 aromatic rings. The Morgan fingerprint density at radius 1 is 1.19 bits per heavy atom. The van der Waals surface area contributed by atoms with Crippen molar-refractivity contribution in [2.24, 2.45) is 0 Å². The molecule has 0 bridgehead atoms. The molecule has 1 heterocycles. The third-order valence-corrected chi connectivity index (χ3v) is 3.49. The van der Waals surface area contributed by atoms with Gasteiger partial charge in [0.15, 0.2) is 0 Å². The van der Waals surface area contributed by atoms with Crippen LogP contribution in [0.25, 0.3) is 0 Å². The summed E-state index contributed by atoms with van der Waals surface area (Å²) in [6.45, 7) is 6.07. The topological polar surface area (TPSA) is 48.7 Å². The minimum absolute atomic E-state index is 0.607. The summed E-state index contributed by atoms with van der Waals surface area (Å²) >= 11 is 0. The molecule has 0 aliphatic rings. The van der Waals surface area contributed by atoms with E-state index in [9.17, 15) is 5.26 Å². The first-order valence-electron chi connectivity index (χ1n) is 7.38. The van der Waals surface area contributed by atoms with Crippen molar-refractivity contribution < 1.29 is 0 Å². The van der Waals surface area contributed by atoms with Gasteiger partial charge in [-0.2, -0.15) is 5.26 Å². The minimum Gasteiger partial charge on any atom is -0.339 e. The number of aryl methyl sites for hydroxylation is 3. The maximum Gasteiger partial charge on any atom is 0.148 e. The maximum atomic E-state index is 9.28. The number of nitriles is 1. The molecule has 0 saturated carbocycles. The highest BCUT2D eigenvalue weighted by Gasteiger charge is 2.08. The monoisotopic (exact) mass is 279 g/mol. The third-order valence-electron chi connectivity index (χ3n) is 3.49. The minimum atomic E-state index is 0.607. The average Bonchev–Trinajstić information content (AvgIpc) is 2.46. The Kier molecular flexibility index (Phi) is 4.94. The van der Waals surface area contributed by atoms with Crippen molar-refractivity contribution in [2.75, 3.05) is 5.32 Å². The smallest absolute Gasteiger partial charge is 0.148 e. The van der Waals surface area contributed by atoms with Crippen LogP contribution in [0.15, 0.2) is 30.3 Å². The lowest BCUT2D eigenvalue weighted by Gasteiger charge is -2.11. The number of rotatable bonds is 5. The number of anilines is 2. The van der Waals surface area contributed by atoms with E-state index in [4.69, 9.17) is 0 Å². The molecular formula is C18H21N3. The number of unbranched alkanes of at least 4 members (excludes halogenated alkanes) is 1. The van der Waals surface area contributed by atoms with E-state index in [1.807, 2.05) is 32.0 Å². The molecule has 3 nitrogen and oxygen atoms in total. The number of hydrogen-bond donors (Lipinski definition) is 1. The van der Waals surface area contributed by atoms with Gasteiger partial charge < -0.3 is 5.32 Å². The van der Waals surface area contributed by atoms with Gasteiger partial charge in [0, 0.05) is 11.4 Å². The van der Waals surface area contributed by atoms with E-state index in [-0.39, 0.29) is 0 Å². The van der Waals surface area contributed by atoms with Crippen LogP contribution in [-0.4, -0.2) is 4.98 Å². The molecule has 21 heavy (non-hydrogen) atoms. The van der Waals surface area contributed by atoms with Crippen molar-refractivity contribution in [3.8, 4) is 6.07 Å². The van der Waals surface area contributed by atoms with Gasteiger partial charge in [-0.05, 0) is 56.0 Å². The van der Waals surface area contributed by atoms with Gasteiger partial charge in [0.1, 0.15) is 11.9 Å². The van der Waals surface area contributed by atoms with Crippen molar-refractivity contribution in [3.63, 3.8) is 0 Å². The van der Waals surface area contributed by atoms with Gasteiger partial charge in [-0.25, -0.2) is 4.98 Å². The Morgan fingerprint density at radius 3 is 2.52 bits per heavy atom. The predicted octanol–water partition coefficient (Wildman–Crippen LogP) is 4.66. The van der Waals surface area contributed by atoms with E-state index in [2.05, 4.69) is 35.4 Å². The highest BCUT2D eigenvalue weighted by atomic mass is 15.0. The number of benzene rings is 1. The fraction of sp³-hybridized carbons (Fsp3) is 0.333. The molecule has 0 amide bonds. The fourth-order valence-corrected chi connectivity index (χ4v) is 2.34. The summed E-state index contributed by atoms with van der Waals surface area (Å²) in [5, 5.41) is 12.5. The highest BCUT2D eigenvalue weighted by Crippen LogP contribution is 2.22. The molecular weight excluding hydrogens is 258 g/mol. The Bertz CT molecular complexity index is 651. The zero-order valence-electron chi connectivity index (χ0n) is 12.9. The molecule has 108 valence electrons. The standard InChI is InChI=1S/C18H21N3/c1-4-5-6-15-7-9-16(10-8-15)21-18-17(12-19)13(2)11-14(3)20-18/h7-11H,4-6H2,1-3H3,(H,20,21). The molecule has 0 atom stereocenters. The van der Waals surface area contributed by atoms with Crippen molar-refractivity contribution in [1.82, 2.24) is 4.98 Å². The van der Waals surface area contributed by atoms with Gasteiger partial charge in [0.2, 0.25) is 0 Å². The lowest BCUT2D eigenvalue weighted by atomic mass is 10.1. The van der Waals surface area contributed by atoms with Crippen molar-refractivity contribution in [3.05, 3.63) is 52.7 Å². The summed E-state index contributed by atoms with van der Waals surface area (Å²) in [7, 11) is 0. The molecule has 3 heteroatoms. The summed E-state index contributed by atoms with van der Waals surface area (Å²) in [4.78, 5) is 4.44. The maximum absolute atomic E-state index is 9.28. The number of aromatic nitrogens is 1. The van der Waals surface area contributed by atoms with Crippen LogP contribution < -0.4 is 5.32 Å². The molecule has 0 fully saturated rings. The van der Waals surface area contributed by atoms with E-state index >= 15 is 0 Å². The first-order valence-corrected chi connectivity index (χ1v) is 7.38. The van der Waals surface area contributed by atoms with Crippen LogP contribution in [0.3, 0.4) is 0 Å². The zero-order valence-corrected chi connectivity index (χ0v) is 12.9. The van der Waals surface area contributed by atoms with E-state index in [0.717, 1.165) is 23.4 Å². The molecule has 0 radical (unpaired) electrons. The van der Waals surface area contributed by atoms with Crippen molar-refractivity contribution >= 4 is 11.5 Å². The lowest BCUT2D eigenvalue weighted by molar-refractivity contribution is 0.795. The predicted molar refractivity (Wildman–Crippen MR) is 86.8 cm³/mol. The second kappa shape index (κ2) is 6.90. The molecule has 1 aromatic carbocycles. The molecule has 1 aromatic heterocycles. The van der Waals surface area contributed by atoms with Crippen LogP contribution in [0.5, 0.6) is 0 Å². The Balaban J connectivity index is 2.20. The summed E-state index contributed by atoms with van der Waals surface area (Å²) < 4.78 is 0. The third kappa shape index (κ3) is 3.82. The first kappa shape index (κ1) is 15.1. The van der Waals surface area contributed by atoms with Crippen LogP contribution >= 0.6 is 0 Å². The summed E-state index contributed by atoms with van der Waals surface area (Å²) in [5.74, 6) is 0.635. The largest absolute Gasteiger partial charge is 0.339 e. The summed E-state index contributed by atoms with van der Waals surface area (Å²) in [6, 6.07) is 12.5. The summed E-state index contributed by atoms with van der Waals surface area (Å²) in [6.07, 6.45) is 3.53. The van der Waals surface area contributed by atoms with Crippen LogP contribution in [0.2, 0.25) is 0 Å². The molecule has 0 unspecified atom stereocenters. The Morgan fingerprint density at radius 2 is 1.90 bits per heavy atom. The van der Waals surface area contributed by atoms with Gasteiger partial charge in [0.05, 0.1) is 5.56 Å². The van der Waals surface area contributed by atoms with Gasteiger partial charge in [-0.15, -0.1) is 0 Å². The molecule has 0 saturated heterocycles. The van der Waals surface area contributed by atoms with Crippen molar-refractivity contribution in [2.45, 2.75) is 40.0 Å². The molecule has 1 N–H and O–H groups in total. The van der Waals surface area contributed by atoms with Crippen LogP contribution in [0.1, 0.15) is 42.1 Å². The lowest BCUT2D eigenvalue weighted by Crippen LogP contribution is -2.00. The summed E-state index contributed by atoms with van der Waals surface area (Å²) in [5.41, 5.74) is 4.77.